The molecule has 0 aliphatic heterocycles. The van der Waals surface area contributed by atoms with Crippen LogP contribution in [0.15, 0.2) is 4.79 Å². The van der Waals surface area contributed by atoms with Gasteiger partial charge in [0.2, 0.25) is 0 Å². The van der Waals surface area contributed by atoms with E-state index in [9.17, 15) is 4.79 Å². The third-order valence-corrected chi connectivity index (χ3v) is 3.44. The second kappa shape index (κ2) is 3.96. The molecule has 1 fully saturated rings. The SMILES string of the molecule is NCc1nc2c(C3CCCC3)[nH]nc2c(=O)[nH]1. The van der Waals surface area contributed by atoms with Crippen molar-refractivity contribution < 1.29 is 0 Å². The number of aromatic nitrogens is 4. The maximum absolute atomic E-state index is 11.8. The molecule has 17 heavy (non-hydrogen) atoms. The number of nitrogens with two attached hydrogens (primary N) is 1. The van der Waals surface area contributed by atoms with Crippen molar-refractivity contribution in [3.8, 4) is 0 Å². The van der Waals surface area contributed by atoms with E-state index in [1.54, 1.807) is 0 Å². The molecular formula is C11H15N5O. The molecule has 0 atom stereocenters. The summed E-state index contributed by atoms with van der Waals surface area (Å²) in [7, 11) is 0. The van der Waals surface area contributed by atoms with E-state index < -0.39 is 0 Å². The summed E-state index contributed by atoms with van der Waals surface area (Å²) in [6.45, 7) is 0.237. The molecule has 1 aliphatic carbocycles. The lowest BCUT2D eigenvalue weighted by atomic mass is 10.0. The number of fused-ring (bicyclic) bond motifs is 1. The lowest BCUT2D eigenvalue weighted by Gasteiger charge is -2.05. The Balaban J connectivity index is 2.19. The minimum atomic E-state index is -0.212. The van der Waals surface area contributed by atoms with Crippen LogP contribution in [0.3, 0.4) is 0 Å². The lowest BCUT2D eigenvalue weighted by molar-refractivity contribution is 0.696. The van der Waals surface area contributed by atoms with Gasteiger partial charge in [-0.1, -0.05) is 12.8 Å². The molecule has 6 heteroatoms. The van der Waals surface area contributed by atoms with Crippen LogP contribution in [-0.2, 0) is 6.54 Å². The van der Waals surface area contributed by atoms with Crippen LogP contribution >= 0.6 is 0 Å². The number of hydrogen-bond acceptors (Lipinski definition) is 4. The molecule has 4 N–H and O–H groups in total. The van der Waals surface area contributed by atoms with Crippen LogP contribution in [0.4, 0.5) is 0 Å². The Morgan fingerprint density at radius 3 is 2.76 bits per heavy atom. The van der Waals surface area contributed by atoms with E-state index in [2.05, 4.69) is 20.2 Å². The molecule has 0 aromatic carbocycles. The molecule has 6 nitrogen and oxygen atoms in total. The average Bonchev–Trinajstić information content (AvgIpc) is 2.96. The minimum absolute atomic E-state index is 0.212. The van der Waals surface area contributed by atoms with Crippen molar-refractivity contribution in [2.75, 3.05) is 0 Å². The highest BCUT2D eigenvalue weighted by atomic mass is 16.1. The van der Waals surface area contributed by atoms with Crippen LogP contribution < -0.4 is 11.3 Å². The predicted molar refractivity (Wildman–Crippen MR) is 63.6 cm³/mol. The van der Waals surface area contributed by atoms with Gasteiger partial charge in [-0.05, 0) is 12.8 Å². The van der Waals surface area contributed by atoms with Crippen molar-refractivity contribution in [3.05, 3.63) is 21.9 Å². The summed E-state index contributed by atoms with van der Waals surface area (Å²) in [6, 6.07) is 0. The molecule has 2 heterocycles. The molecule has 0 bridgehead atoms. The van der Waals surface area contributed by atoms with Gasteiger partial charge in [-0.25, -0.2) is 4.98 Å². The molecular weight excluding hydrogens is 218 g/mol. The first kappa shape index (κ1) is 10.5. The summed E-state index contributed by atoms with van der Waals surface area (Å²) in [5.74, 6) is 0.975. The first-order chi connectivity index (χ1) is 8.29. The number of nitrogens with zero attached hydrogens (tertiary/aromatic N) is 2. The van der Waals surface area contributed by atoms with Crippen molar-refractivity contribution >= 4 is 11.0 Å². The predicted octanol–water partition coefficient (Wildman–Crippen LogP) is 0.762. The number of aromatic amines is 2. The summed E-state index contributed by atoms with van der Waals surface area (Å²) in [5, 5.41) is 7.04. The Kier molecular flexibility index (Phi) is 2.44. The largest absolute Gasteiger partial charge is 0.324 e. The highest BCUT2D eigenvalue weighted by Crippen LogP contribution is 2.35. The van der Waals surface area contributed by atoms with Crippen molar-refractivity contribution in [1.29, 1.82) is 0 Å². The highest BCUT2D eigenvalue weighted by molar-refractivity contribution is 5.76. The zero-order valence-electron chi connectivity index (χ0n) is 9.49. The van der Waals surface area contributed by atoms with Crippen LogP contribution in [0.2, 0.25) is 0 Å². The van der Waals surface area contributed by atoms with Gasteiger partial charge < -0.3 is 10.7 Å². The topological polar surface area (TPSA) is 100 Å². The summed E-state index contributed by atoms with van der Waals surface area (Å²) in [6.07, 6.45) is 4.75. The summed E-state index contributed by atoms with van der Waals surface area (Å²) < 4.78 is 0. The second-order valence-corrected chi connectivity index (χ2v) is 4.53. The van der Waals surface area contributed by atoms with E-state index in [-0.39, 0.29) is 12.1 Å². The van der Waals surface area contributed by atoms with Crippen LogP contribution in [0.25, 0.3) is 11.0 Å². The van der Waals surface area contributed by atoms with E-state index in [1.807, 2.05) is 0 Å². The van der Waals surface area contributed by atoms with Crippen LogP contribution in [-0.4, -0.2) is 20.2 Å². The van der Waals surface area contributed by atoms with E-state index in [0.717, 1.165) is 18.5 Å². The van der Waals surface area contributed by atoms with Crippen molar-refractivity contribution in [2.24, 2.45) is 5.73 Å². The van der Waals surface area contributed by atoms with Gasteiger partial charge in [0.25, 0.3) is 5.56 Å². The molecule has 0 saturated heterocycles. The Labute approximate surface area is 97.6 Å². The number of nitrogens with one attached hydrogen (secondary N) is 2. The monoisotopic (exact) mass is 233 g/mol. The highest BCUT2D eigenvalue weighted by Gasteiger charge is 2.23. The van der Waals surface area contributed by atoms with Gasteiger partial charge >= 0.3 is 0 Å². The average molecular weight is 233 g/mol. The lowest BCUT2D eigenvalue weighted by Crippen LogP contribution is -2.14. The van der Waals surface area contributed by atoms with E-state index in [0.29, 0.717) is 22.8 Å². The Hall–Kier alpha value is -1.69. The van der Waals surface area contributed by atoms with Crippen LogP contribution in [0, 0.1) is 0 Å². The molecule has 3 rings (SSSR count). The number of rotatable bonds is 2. The van der Waals surface area contributed by atoms with Gasteiger partial charge in [-0.3, -0.25) is 9.89 Å². The third-order valence-electron chi connectivity index (χ3n) is 3.44. The molecule has 0 unspecified atom stereocenters. The summed E-state index contributed by atoms with van der Waals surface area (Å²) in [4.78, 5) is 18.8. The Bertz CT molecular complexity index is 593. The zero-order chi connectivity index (χ0) is 11.8. The molecule has 0 radical (unpaired) electrons. The molecule has 1 saturated carbocycles. The first-order valence-corrected chi connectivity index (χ1v) is 5.97. The van der Waals surface area contributed by atoms with Gasteiger partial charge in [0.15, 0.2) is 5.52 Å². The Morgan fingerprint density at radius 2 is 2.06 bits per heavy atom. The van der Waals surface area contributed by atoms with Crippen LogP contribution in [0.1, 0.15) is 43.1 Å². The molecule has 2 aromatic rings. The van der Waals surface area contributed by atoms with Gasteiger partial charge in [0, 0.05) is 5.92 Å². The second-order valence-electron chi connectivity index (χ2n) is 4.53. The summed E-state index contributed by atoms with van der Waals surface area (Å²) >= 11 is 0. The maximum atomic E-state index is 11.8. The van der Waals surface area contributed by atoms with E-state index >= 15 is 0 Å². The molecule has 90 valence electrons. The van der Waals surface area contributed by atoms with Gasteiger partial charge in [-0.15, -0.1) is 0 Å². The molecule has 0 amide bonds. The van der Waals surface area contributed by atoms with Crippen molar-refractivity contribution in [2.45, 2.75) is 38.1 Å². The first-order valence-electron chi connectivity index (χ1n) is 5.97. The van der Waals surface area contributed by atoms with E-state index in [1.165, 1.54) is 12.8 Å². The van der Waals surface area contributed by atoms with E-state index in [4.69, 9.17) is 5.73 Å². The third kappa shape index (κ3) is 1.64. The Morgan fingerprint density at radius 1 is 1.29 bits per heavy atom. The quantitative estimate of drug-likeness (QED) is 0.712. The smallest absolute Gasteiger partial charge is 0.279 e. The van der Waals surface area contributed by atoms with Crippen LogP contribution in [0.5, 0.6) is 0 Å². The van der Waals surface area contributed by atoms with Gasteiger partial charge in [0.05, 0.1) is 12.2 Å². The van der Waals surface area contributed by atoms with Gasteiger partial charge in [0.1, 0.15) is 11.3 Å². The summed E-state index contributed by atoms with van der Waals surface area (Å²) in [5.41, 5.74) is 7.39. The van der Waals surface area contributed by atoms with Crippen molar-refractivity contribution in [1.82, 2.24) is 20.2 Å². The maximum Gasteiger partial charge on any atom is 0.279 e. The molecule has 1 aliphatic rings. The zero-order valence-corrected chi connectivity index (χ0v) is 9.49. The van der Waals surface area contributed by atoms with Gasteiger partial charge in [-0.2, -0.15) is 5.10 Å². The molecule has 2 aromatic heterocycles. The fraction of sp³-hybridized carbons (Fsp3) is 0.545. The number of hydrogen-bond donors (Lipinski definition) is 3. The fourth-order valence-corrected chi connectivity index (χ4v) is 2.57. The van der Waals surface area contributed by atoms with Crippen molar-refractivity contribution in [3.63, 3.8) is 0 Å². The standard InChI is InChI=1S/C11H15N5O/c12-5-7-13-9-8(6-3-1-2-4-6)15-16-10(9)11(17)14-7/h6H,1-5,12H2,(H,15,16)(H,13,14,17). The fourth-order valence-electron chi connectivity index (χ4n) is 2.57. The minimum Gasteiger partial charge on any atom is -0.324 e. The normalized spacial score (nSPS) is 17.0. The number of H-pyrrole nitrogens is 2. The molecule has 0 spiro atoms.